The number of nitrogens with zero attached hydrogens (tertiary/aromatic N) is 2. The van der Waals surface area contributed by atoms with Crippen molar-refractivity contribution in [2.45, 2.75) is 25.6 Å². The Hall–Kier alpha value is -2.41. The fourth-order valence-electron chi connectivity index (χ4n) is 2.72. The molecule has 1 aromatic heterocycles. The Labute approximate surface area is 126 Å². The van der Waals surface area contributed by atoms with E-state index in [-0.39, 0.29) is 12.4 Å². The number of fused-ring (bicyclic) bond motifs is 1. The highest BCUT2D eigenvalue weighted by Gasteiger charge is 2.33. The molecule has 0 bridgehead atoms. The summed E-state index contributed by atoms with van der Waals surface area (Å²) in [6.45, 7) is 0.585. The van der Waals surface area contributed by atoms with Crippen LogP contribution in [0.4, 0.5) is 4.39 Å². The number of rotatable bonds is 4. The predicted molar refractivity (Wildman–Crippen MR) is 75.9 cm³/mol. The monoisotopic (exact) mass is 305 g/mol. The fraction of sp³-hybridized carbons (Fsp3) is 0.333. The van der Waals surface area contributed by atoms with Gasteiger partial charge in [-0.25, -0.2) is 9.37 Å². The number of aromatic amines is 1. The zero-order valence-electron chi connectivity index (χ0n) is 12.0. The largest absolute Gasteiger partial charge is 0.497 e. The maximum Gasteiger partial charge on any atom is 0.321 e. The number of imidazole rings is 1. The van der Waals surface area contributed by atoms with Gasteiger partial charge in [-0.05, 0) is 18.2 Å². The van der Waals surface area contributed by atoms with E-state index < -0.39 is 12.0 Å². The van der Waals surface area contributed by atoms with Crippen LogP contribution in [0.5, 0.6) is 5.75 Å². The van der Waals surface area contributed by atoms with Crippen LogP contribution in [0.15, 0.2) is 24.5 Å². The smallest absolute Gasteiger partial charge is 0.321 e. The van der Waals surface area contributed by atoms with Crippen molar-refractivity contribution in [1.82, 2.24) is 14.9 Å². The molecule has 1 aromatic carbocycles. The molecule has 3 rings (SSSR count). The number of ether oxygens (including phenoxy) is 1. The maximum atomic E-state index is 14.0. The minimum Gasteiger partial charge on any atom is -0.497 e. The molecular weight excluding hydrogens is 289 g/mol. The van der Waals surface area contributed by atoms with Crippen LogP contribution in [0.25, 0.3) is 0 Å². The molecule has 0 saturated heterocycles. The van der Waals surface area contributed by atoms with E-state index in [4.69, 9.17) is 4.74 Å². The fourth-order valence-corrected chi connectivity index (χ4v) is 2.72. The number of aliphatic carboxylic acids is 1. The Morgan fingerprint density at radius 1 is 1.59 bits per heavy atom. The first-order chi connectivity index (χ1) is 10.6. The molecule has 1 aliphatic rings. The summed E-state index contributed by atoms with van der Waals surface area (Å²) < 4.78 is 19.1. The van der Waals surface area contributed by atoms with E-state index in [1.54, 1.807) is 17.3 Å². The van der Waals surface area contributed by atoms with E-state index in [9.17, 15) is 14.3 Å². The zero-order chi connectivity index (χ0) is 15.7. The van der Waals surface area contributed by atoms with Gasteiger partial charge in [-0.2, -0.15) is 0 Å². The molecule has 0 amide bonds. The van der Waals surface area contributed by atoms with Crippen molar-refractivity contribution in [2.75, 3.05) is 7.11 Å². The lowest BCUT2D eigenvalue weighted by atomic mass is 10.0. The number of carboxylic acid groups (broad SMARTS) is 1. The normalized spacial score (nSPS) is 18.0. The highest BCUT2D eigenvalue weighted by molar-refractivity contribution is 5.74. The third-order valence-electron chi connectivity index (χ3n) is 3.91. The van der Waals surface area contributed by atoms with Crippen LogP contribution >= 0.6 is 0 Å². The average molecular weight is 305 g/mol. The van der Waals surface area contributed by atoms with E-state index >= 15 is 0 Å². The van der Waals surface area contributed by atoms with Gasteiger partial charge >= 0.3 is 5.97 Å². The Bertz CT molecular complexity index is 701. The summed E-state index contributed by atoms with van der Waals surface area (Å²) >= 11 is 0. The van der Waals surface area contributed by atoms with Gasteiger partial charge in [-0.1, -0.05) is 0 Å². The van der Waals surface area contributed by atoms with Gasteiger partial charge in [0.2, 0.25) is 0 Å². The average Bonchev–Trinajstić information content (AvgIpc) is 2.95. The number of carboxylic acids is 1. The van der Waals surface area contributed by atoms with E-state index in [2.05, 4.69) is 9.97 Å². The van der Waals surface area contributed by atoms with Crippen molar-refractivity contribution >= 4 is 5.97 Å². The van der Waals surface area contributed by atoms with E-state index in [0.717, 1.165) is 11.4 Å². The summed E-state index contributed by atoms with van der Waals surface area (Å²) in [5, 5.41) is 9.42. The second-order valence-electron chi connectivity index (χ2n) is 5.25. The van der Waals surface area contributed by atoms with Crippen LogP contribution in [0.2, 0.25) is 0 Å². The van der Waals surface area contributed by atoms with E-state index in [0.29, 0.717) is 24.3 Å². The number of nitrogens with one attached hydrogen (secondary N) is 1. The SMILES string of the molecule is COc1ccc(F)c(CN2Cc3[nH]cnc3CC2C(=O)O)c1. The van der Waals surface area contributed by atoms with Gasteiger partial charge in [0.25, 0.3) is 0 Å². The van der Waals surface area contributed by atoms with Crippen molar-refractivity contribution in [3.05, 3.63) is 47.3 Å². The minimum absolute atomic E-state index is 0.193. The van der Waals surface area contributed by atoms with E-state index in [1.165, 1.54) is 19.2 Å². The molecule has 2 N–H and O–H groups in total. The molecule has 0 aliphatic carbocycles. The number of hydrogen-bond acceptors (Lipinski definition) is 4. The molecule has 22 heavy (non-hydrogen) atoms. The first kappa shape index (κ1) is 14.5. The first-order valence-electron chi connectivity index (χ1n) is 6.89. The number of aromatic nitrogens is 2. The van der Waals surface area contributed by atoms with Gasteiger partial charge < -0.3 is 14.8 Å². The molecular formula is C15H16FN3O3. The van der Waals surface area contributed by atoms with Crippen molar-refractivity contribution in [2.24, 2.45) is 0 Å². The van der Waals surface area contributed by atoms with Crippen LogP contribution in [-0.2, 0) is 24.3 Å². The molecule has 0 saturated carbocycles. The number of halogens is 1. The second kappa shape index (κ2) is 5.76. The lowest BCUT2D eigenvalue weighted by Gasteiger charge is -2.32. The van der Waals surface area contributed by atoms with Gasteiger partial charge in [0, 0.05) is 25.1 Å². The highest BCUT2D eigenvalue weighted by Crippen LogP contribution is 2.25. The summed E-state index contributed by atoms with van der Waals surface area (Å²) in [5.41, 5.74) is 2.05. The topological polar surface area (TPSA) is 78.5 Å². The molecule has 6 nitrogen and oxygen atoms in total. The van der Waals surface area contributed by atoms with Gasteiger partial charge in [0.15, 0.2) is 0 Å². The van der Waals surface area contributed by atoms with Crippen molar-refractivity contribution < 1.29 is 19.0 Å². The Balaban J connectivity index is 1.88. The predicted octanol–water partition coefficient (Wildman–Crippen LogP) is 1.57. The Morgan fingerprint density at radius 3 is 3.14 bits per heavy atom. The number of benzene rings is 1. The lowest BCUT2D eigenvalue weighted by molar-refractivity contribution is -0.144. The standard InChI is InChI=1S/C15H16FN3O3/c1-22-10-2-3-11(16)9(4-10)6-19-7-13-12(17-8-18-13)5-14(19)15(20)21/h2-4,8,14H,5-7H2,1H3,(H,17,18)(H,20,21). The summed E-state index contributed by atoms with van der Waals surface area (Å²) in [5.74, 6) is -0.764. The maximum absolute atomic E-state index is 14.0. The first-order valence-corrected chi connectivity index (χ1v) is 6.89. The van der Waals surface area contributed by atoms with Gasteiger partial charge in [0.1, 0.15) is 17.6 Å². The third kappa shape index (κ3) is 2.67. The molecule has 2 aromatic rings. The van der Waals surface area contributed by atoms with Gasteiger partial charge in [-0.3, -0.25) is 9.69 Å². The molecule has 2 heterocycles. The summed E-state index contributed by atoms with van der Waals surface area (Å²) in [6.07, 6.45) is 1.86. The van der Waals surface area contributed by atoms with Crippen molar-refractivity contribution in [1.29, 1.82) is 0 Å². The lowest BCUT2D eigenvalue weighted by Crippen LogP contribution is -2.45. The molecule has 1 unspecified atom stereocenters. The van der Waals surface area contributed by atoms with Gasteiger partial charge in [-0.15, -0.1) is 0 Å². The zero-order valence-corrected chi connectivity index (χ0v) is 12.0. The number of methoxy groups -OCH3 is 1. The number of hydrogen-bond donors (Lipinski definition) is 2. The molecule has 0 spiro atoms. The van der Waals surface area contributed by atoms with Crippen LogP contribution in [-0.4, -0.2) is 39.1 Å². The summed E-state index contributed by atoms with van der Waals surface area (Å²) in [4.78, 5) is 20.4. The number of H-pyrrole nitrogens is 1. The summed E-state index contributed by atoms with van der Waals surface area (Å²) in [7, 11) is 1.51. The Morgan fingerprint density at radius 2 is 2.41 bits per heavy atom. The molecule has 116 valence electrons. The summed E-state index contributed by atoms with van der Waals surface area (Å²) in [6, 6.07) is 3.74. The van der Waals surface area contributed by atoms with Crippen molar-refractivity contribution in [3.8, 4) is 5.75 Å². The Kier molecular flexibility index (Phi) is 3.81. The molecule has 7 heteroatoms. The van der Waals surface area contributed by atoms with E-state index in [1.807, 2.05) is 0 Å². The second-order valence-corrected chi connectivity index (χ2v) is 5.25. The highest BCUT2D eigenvalue weighted by atomic mass is 19.1. The molecule has 0 radical (unpaired) electrons. The molecule has 1 atom stereocenters. The quantitative estimate of drug-likeness (QED) is 0.896. The van der Waals surface area contributed by atoms with Crippen LogP contribution in [0.3, 0.4) is 0 Å². The van der Waals surface area contributed by atoms with Gasteiger partial charge in [0.05, 0.1) is 24.8 Å². The van der Waals surface area contributed by atoms with Crippen LogP contribution in [0, 0.1) is 5.82 Å². The van der Waals surface area contributed by atoms with Crippen molar-refractivity contribution in [3.63, 3.8) is 0 Å². The third-order valence-corrected chi connectivity index (χ3v) is 3.91. The van der Waals surface area contributed by atoms with Crippen LogP contribution in [0.1, 0.15) is 17.0 Å². The minimum atomic E-state index is -0.933. The molecule has 1 aliphatic heterocycles. The molecule has 0 fully saturated rings. The van der Waals surface area contributed by atoms with Crippen LogP contribution < -0.4 is 4.74 Å². The number of carbonyl (C=O) groups is 1.